The molecule has 1 aliphatic heterocycles. The number of nitrogens with zero attached hydrogens (tertiary/aromatic N) is 1. The summed E-state index contributed by atoms with van der Waals surface area (Å²) in [6.07, 6.45) is 6.08. The van der Waals surface area contributed by atoms with Crippen molar-refractivity contribution >= 4 is 10.0 Å². The van der Waals surface area contributed by atoms with Crippen LogP contribution in [0, 0.1) is 18.8 Å². The van der Waals surface area contributed by atoms with E-state index in [0.717, 1.165) is 48.8 Å². The zero-order valence-corrected chi connectivity index (χ0v) is 19.2. The Bertz CT molecular complexity index is 1090. The summed E-state index contributed by atoms with van der Waals surface area (Å²) in [5.41, 5.74) is 3.09. The zero-order valence-electron chi connectivity index (χ0n) is 18.3. The van der Waals surface area contributed by atoms with Crippen LogP contribution in [-0.2, 0) is 10.0 Å². The van der Waals surface area contributed by atoms with E-state index in [1.807, 2.05) is 43.5 Å². The molecule has 31 heavy (non-hydrogen) atoms. The fourth-order valence-corrected chi connectivity index (χ4v) is 4.91. The molecule has 0 amide bonds. The van der Waals surface area contributed by atoms with E-state index in [9.17, 15) is 8.42 Å². The molecule has 1 aliphatic rings. The fraction of sp³-hybridized carbons (Fsp3) is 0.360. The standard InChI is InChI=1S/C25H29NO4S/c1-20-11-14-23(15-12-20)31(27,28)26-17-7-10-22(19-26)9-6-4-5-8-21-13-16-24(29-2)25(18-21)30-3/h11-16,18-19H,4,6-7,9-10,17H2,1-3H3. The van der Waals surface area contributed by atoms with Crippen molar-refractivity contribution in [1.29, 1.82) is 0 Å². The molecule has 5 nitrogen and oxygen atoms in total. The Kier molecular flexibility index (Phi) is 7.64. The smallest absolute Gasteiger partial charge is 0.263 e. The average molecular weight is 440 g/mol. The van der Waals surface area contributed by atoms with Crippen molar-refractivity contribution in [3.8, 4) is 23.3 Å². The Labute approximate surface area is 185 Å². The lowest BCUT2D eigenvalue weighted by Crippen LogP contribution is -2.30. The Hall–Kier alpha value is -2.91. The summed E-state index contributed by atoms with van der Waals surface area (Å²) in [7, 11) is -0.275. The number of allylic oxidation sites excluding steroid dienone is 1. The minimum Gasteiger partial charge on any atom is -0.493 e. The Morgan fingerprint density at radius 2 is 1.77 bits per heavy atom. The monoisotopic (exact) mass is 439 g/mol. The van der Waals surface area contributed by atoms with E-state index < -0.39 is 10.0 Å². The van der Waals surface area contributed by atoms with Gasteiger partial charge in [-0.2, -0.15) is 0 Å². The van der Waals surface area contributed by atoms with Crippen molar-refractivity contribution in [1.82, 2.24) is 4.31 Å². The second-order valence-electron chi connectivity index (χ2n) is 7.54. The topological polar surface area (TPSA) is 55.8 Å². The number of ether oxygens (including phenoxy) is 2. The van der Waals surface area contributed by atoms with Crippen LogP contribution >= 0.6 is 0 Å². The molecule has 0 atom stereocenters. The van der Waals surface area contributed by atoms with Gasteiger partial charge in [-0.25, -0.2) is 8.42 Å². The molecule has 3 rings (SSSR count). The molecular weight excluding hydrogens is 410 g/mol. The SMILES string of the molecule is COc1ccc(C#CCCCC2=CN(S(=O)(=O)c3ccc(C)cc3)CCC2)cc1OC. The van der Waals surface area contributed by atoms with Gasteiger partial charge in [-0.15, -0.1) is 0 Å². The largest absolute Gasteiger partial charge is 0.493 e. The van der Waals surface area contributed by atoms with Crippen molar-refractivity contribution in [3.05, 3.63) is 65.4 Å². The lowest BCUT2D eigenvalue weighted by molar-refractivity contribution is 0.355. The van der Waals surface area contributed by atoms with E-state index in [2.05, 4.69) is 11.8 Å². The molecule has 2 aromatic carbocycles. The maximum atomic E-state index is 12.9. The van der Waals surface area contributed by atoms with Crippen LogP contribution in [0.4, 0.5) is 0 Å². The van der Waals surface area contributed by atoms with Crippen molar-refractivity contribution in [2.24, 2.45) is 0 Å². The maximum absolute atomic E-state index is 12.9. The average Bonchev–Trinajstić information content (AvgIpc) is 2.79. The molecule has 0 aromatic heterocycles. The molecule has 0 unspecified atom stereocenters. The van der Waals surface area contributed by atoms with Gasteiger partial charge in [0.2, 0.25) is 0 Å². The van der Waals surface area contributed by atoms with Crippen LogP contribution in [0.5, 0.6) is 11.5 Å². The van der Waals surface area contributed by atoms with Crippen LogP contribution in [0.15, 0.2) is 59.1 Å². The van der Waals surface area contributed by atoms with Gasteiger partial charge in [0, 0.05) is 24.7 Å². The Morgan fingerprint density at radius 1 is 1.03 bits per heavy atom. The predicted molar refractivity (Wildman–Crippen MR) is 123 cm³/mol. The number of hydrogen-bond acceptors (Lipinski definition) is 4. The molecule has 0 fully saturated rings. The van der Waals surface area contributed by atoms with E-state index >= 15 is 0 Å². The van der Waals surface area contributed by atoms with Crippen molar-refractivity contribution in [2.45, 2.75) is 43.9 Å². The van der Waals surface area contributed by atoms with Crippen molar-refractivity contribution in [2.75, 3.05) is 20.8 Å². The van der Waals surface area contributed by atoms with Gasteiger partial charge in [0.1, 0.15) is 0 Å². The van der Waals surface area contributed by atoms with E-state index in [0.29, 0.717) is 22.9 Å². The highest BCUT2D eigenvalue weighted by Crippen LogP contribution is 2.27. The molecule has 1 heterocycles. The molecule has 0 saturated heterocycles. The number of rotatable bonds is 7. The maximum Gasteiger partial charge on any atom is 0.263 e. The lowest BCUT2D eigenvalue weighted by Gasteiger charge is -2.26. The molecule has 0 bridgehead atoms. The Balaban J connectivity index is 1.58. The number of aryl methyl sites for hydroxylation is 1. The Morgan fingerprint density at radius 3 is 2.48 bits per heavy atom. The molecule has 164 valence electrons. The van der Waals surface area contributed by atoms with Crippen LogP contribution in [0.2, 0.25) is 0 Å². The summed E-state index contributed by atoms with van der Waals surface area (Å²) in [6.45, 7) is 2.47. The van der Waals surface area contributed by atoms with Gasteiger partial charge in [-0.05, 0) is 62.9 Å². The van der Waals surface area contributed by atoms with Crippen LogP contribution in [-0.4, -0.2) is 33.5 Å². The van der Waals surface area contributed by atoms with Crippen molar-refractivity contribution in [3.63, 3.8) is 0 Å². The van der Waals surface area contributed by atoms with E-state index in [1.54, 1.807) is 26.4 Å². The molecule has 0 saturated carbocycles. The number of sulfonamides is 1. The van der Waals surface area contributed by atoms with Crippen LogP contribution in [0.25, 0.3) is 0 Å². The highest BCUT2D eigenvalue weighted by molar-refractivity contribution is 7.89. The number of hydrogen-bond donors (Lipinski definition) is 0. The highest BCUT2D eigenvalue weighted by atomic mass is 32.2. The van der Waals surface area contributed by atoms with E-state index in [4.69, 9.17) is 9.47 Å². The number of unbranched alkanes of at least 4 members (excludes halogenated alkanes) is 1. The zero-order chi connectivity index (χ0) is 22.3. The first-order valence-electron chi connectivity index (χ1n) is 10.4. The fourth-order valence-electron chi connectivity index (χ4n) is 3.50. The first-order valence-corrected chi connectivity index (χ1v) is 11.9. The molecule has 6 heteroatoms. The predicted octanol–water partition coefficient (Wildman–Crippen LogP) is 4.90. The van der Waals surface area contributed by atoms with E-state index in [-0.39, 0.29) is 0 Å². The molecule has 0 spiro atoms. The number of methoxy groups -OCH3 is 2. The summed E-state index contributed by atoms with van der Waals surface area (Å²) >= 11 is 0. The lowest BCUT2D eigenvalue weighted by atomic mass is 10.0. The van der Waals surface area contributed by atoms with Gasteiger partial charge < -0.3 is 9.47 Å². The second kappa shape index (κ2) is 10.4. The van der Waals surface area contributed by atoms with Gasteiger partial charge >= 0.3 is 0 Å². The summed E-state index contributed by atoms with van der Waals surface area (Å²) < 4.78 is 37.9. The molecule has 0 aliphatic carbocycles. The van der Waals surface area contributed by atoms with Crippen molar-refractivity contribution < 1.29 is 17.9 Å². The first kappa shape index (κ1) is 22.8. The molecule has 2 aromatic rings. The molecular formula is C25H29NO4S. The quantitative estimate of drug-likeness (QED) is 0.455. The van der Waals surface area contributed by atoms with Gasteiger partial charge in [0.25, 0.3) is 10.0 Å². The van der Waals surface area contributed by atoms with Crippen LogP contribution in [0.1, 0.15) is 43.2 Å². The van der Waals surface area contributed by atoms with E-state index in [1.165, 1.54) is 4.31 Å². The van der Waals surface area contributed by atoms with Gasteiger partial charge in [-0.1, -0.05) is 35.1 Å². The normalized spacial score (nSPS) is 13.8. The highest BCUT2D eigenvalue weighted by Gasteiger charge is 2.24. The third kappa shape index (κ3) is 5.83. The summed E-state index contributed by atoms with van der Waals surface area (Å²) in [4.78, 5) is 0.344. The summed E-state index contributed by atoms with van der Waals surface area (Å²) in [5, 5.41) is 0. The van der Waals surface area contributed by atoms with Crippen LogP contribution in [0.3, 0.4) is 0 Å². The summed E-state index contributed by atoms with van der Waals surface area (Å²) in [5.74, 6) is 7.70. The third-order valence-corrected chi connectivity index (χ3v) is 7.02. The van der Waals surface area contributed by atoms with Gasteiger partial charge in [0.05, 0.1) is 19.1 Å². The third-order valence-electron chi connectivity index (χ3n) is 5.25. The van der Waals surface area contributed by atoms with Gasteiger partial charge in [0.15, 0.2) is 11.5 Å². The molecule has 0 N–H and O–H groups in total. The molecule has 0 radical (unpaired) electrons. The first-order chi connectivity index (χ1) is 14.9. The minimum atomic E-state index is -3.49. The van der Waals surface area contributed by atoms with Gasteiger partial charge in [-0.3, -0.25) is 4.31 Å². The van der Waals surface area contributed by atoms with Crippen LogP contribution < -0.4 is 9.47 Å². The number of benzene rings is 2. The minimum absolute atomic E-state index is 0.344. The summed E-state index contributed by atoms with van der Waals surface area (Å²) in [6, 6.07) is 12.6. The second-order valence-corrected chi connectivity index (χ2v) is 9.44.